The zero-order chi connectivity index (χ0) is 17.2. The third-order valence-corrected chi connectivity index (χ3v) is 4.62. The number of aryl methyl sites for hydroxylation is 1. The average molecular weight is 338 g/mol. The predicted molar refractivity (Wildman–Crippen MR) is 94.6 cm³/mol. The summed E-state index contributed by atoms with van der Waals surface area (Å²) in [6, 6.07) is 12.2. The summed E-state index contributed by atoms with van der Waals surface area (Å²) in [6.07, 6.45) is 1.65. The molecule has 0 saturated carbocycles. The van der Waals surface area contributed by atoms with Crippen molar-refractivity contribution in [3.05, 3.63) is 54.0 Å². The molecule has 4 rings (SSSR count). The molecule has 3 heterocycles. The minimum atomic E-state index is 0.140. The molecule has 1 atom stereocenters. The Morgan fingerprint density at radius 3 is 2.52 bits per heavy atom. The van der Waals surface area contributed by atoms with Crippen LogP contribution in [0.25, 0.3) is 17.3 Å². The summed E-state index contributed by atoms with van der Waals surface area (Å²) >= 11 is 0. The normalized spacial score (nSPS) is 16.9. The fourth-order valence-corrected chi connectivity index (χ4v) is 3.11. The molecule has 0 spiro atoms. The van der Waals surface area contributed by atoms with E-state index in [1.165, 1.54) is 5.56 Å². The van der Waals surface area contributed by atoms with E-state index in [4.69, 9.17) is 19.2 Å². The Labute approximate surface area is 147 Å². The predicted octanol–water partition coefficient (Wildman–Crippen LogP) is 3.23. The van der Waals surface area contributed by atoms with Crippen LogP contribution in [0, 0.1) is 6.92 Å². The summed E-state index contributed by atoms with van der Waals surface area (Å²) in [5, 5.41) is 4.72. The first kappa shape index (κ1) is 16.1. The summed E-state index contributed by atoms with van der Waals surface area (Å²) in [5.41, 5.74) is 2.23. The van der Waals surface area contributed by atoms with E-state index in [1.807, 2.05) is 16.8 Å². The monoisotopic (exact) mass is 338 g/mol. The lowest BCUT2D eigenvalue weighted by atomic mass is 10.2. The van der Waals surface area contributed by atoms with E-state index < -0.39 is 0 Å². The van der Waals surface area contributed by atoms with Crippen molar-refractivity contribution in [2.24, 2.45) is 0 Å². The van der Waals surface area contributed by atoms with E-state index in [1.54, 1.807) is 6.26 Å². The molecule has 25 heavy (non-hydrogen) atoms. The number of ether oxygens (including phenoxy) is 1. The van der Waals surface area contributed by atoms with Crippen molar-refractivity contribution in [2.45, 2.75) is 19.9 Å². The Hall–Kier alpha value is -2.44. The van der Waals surface area contributed by atoms with E-state index >= 15 is 0 Å². The molecule has 1 saturated heterocycles. The minimum absolute atomic E-state index is 0.140. The number of rotatable bonds is 4. The van der Waals surface area contributed by atoms with Gasteiger partial charge in [0.05, 0.1) is 31.2 Å². The first-order valence-corrected chi connectivity index (χ1v) is 8.62. The molecular formula is C19H22N4O2. The van der Waals surface area contributed by atoms with Gasteiger partial charge in [-0.1, -0.05) is 17.7 Å². The zero-order valence-corrected chi connectivity index (χ0v) is 14.6. The van der Waals surface area contributed by atoms with Crippen LogP contribution in [0.4, 0.5) is 0 Å². The molecule has 0 N–H and O–H groups in total. The molecule has 6 heteroatoms. The van der Waals surface area contributed by atoms with Crippen molar-refractivity contribution in [1.82, 2.24) is 19.7 Å². The molecule has 1 aliphatic rings. The average Bonchev–Trinajstić information content (AvgIpc) is 3.32. The van der Waals surface area contributed by atoms with Crippen LogP contribution in [-0.2, 0) is 4.74 Å². The van der Waals surface area contributed by atoms with Crippen molar-refractivity contribution < 1.29 is 9.15 Å². The molecule has 0 aliphatic carbocycles. The fraction of sp³-hybridized carbons (Fsp3) is 0.368. The van der Waals surface area contributed by atoms with Crippen LogP contribution in [0.5, 0.6) is 0 Å². The van der Waals surface area contributed by atoms with Gasteiger partial charge in [0.1, 0.15) is 5.82 Å². The summed E-state index contributed by atoms with van der Waals surface area (Å²) in [4.78, 5) is 7.18. The van der Waals surface area contributed by atoms with Gasteiger partial charge in [-0.3, -0.25) is 4.90 Å². The van der Waals surface area contributed by atoms with Gasteiger partial charge in [0.25, 0.3) is 0 Å². The number of morpholine rings is 1. The second-order valence-corrected chi connectivity index (χ2v) is 6.34. The first-order chi connectivity index (χ1) is 12.2. The standard InChI is InChI=1S/C19H22N4O2/c1-14-5-7-16(8-6-14)23-19(15(2)22-9-12-24-13-10-22)20-18(21-23)17-4-3-11-25-17/h3-8,11,15H,9-10,12-13H2,1-2H3. The highest BCUT2D eigenvalue weighted by Gasteiger charge is 2.25. The van der Waals surface area contributed by atoms with Crippen LogP contribution in [0.15, 0.2) is 47.1 Å². The Bertz CT molecular complexity index is 818. The Morgan fingerprint density at radius 2 is 1.84 bits per heavy atom. The second kappa shape index (κ2) is 6.82. The van der Waals surface area contributed by atoms with Gasteiger partial charge >= 0.3 is 0 Å². The summed E-state index contributed by atoms with van der Waals surface area (Å²) in [7, 11) is 0. The third-order valence-electron chi connectivity index (χ3n) is 4.62. The lowest BCUT2D eigenvalue weighted by Crippen LogP contribution is -2.38. The number of nitrogens with zero attached hydrogens (tertiary/aromatic N) is 4. The third kappa shape index (κ3) is 3.23. The topological polar surface area (TPSA) is 56.3 Å². The molecule has 1 aromatic carbocycles. The molecule has 2 aromatic heterocycles. The van der Waals surface area contributed by atoms with Crippen molar-refractivity contribution >= 4 is 0 Å². The maximum Gasteiger partial charge on any atom is 0.217 e. The van der Waals surface area contributed by atoms with Gasteiger partial charge in [0, 0.05) is 13.1 Å². The summed E-state index contributed by atoms with van der Waals surface area (Å²) in [6.45, 7) is 7.57. The molecule has 1 fully saturated rings. The van der Waals surface area contributed by atoms with Crippen molar-refractivity contribution in [3.63, 3.8) is 0 Å². The van der Waals surface area contributed by atoms with Gasteiger partial charge in [0.2, 0.25) is 5.82 Å². The van der Waals surface area contributed by atoms with Crippen LogP contribution in [0.2, 0.25) is 0 Å². The number of hydrogen-bond donors (Lipinski definition) is 0. The number of hydrogen-bond acceptors (Lipinski definition) is 5. The highest BCUT2D eigenvalue weighted by molar-refractivity contribution is 5.47. The van der Waals surface area contributed by atoms with Crippen LogP contribution in [-0.4, -0.2) is 46.0 Å². The Morgan fingerprint density at radius 1 is 1.08 bits per heavy atom. The quantitative estimate of drug-likeness (QED) is 0.731. The van der Waals surface area contributed by atoms with Gasteiger partial charge < -0.3 is 9.15 Å². The molecule has 130 valence electrons. The molecule has 0 bridgehead atoms. The van der Waals surface area contributed by atoms with Crippen molar-refractivity contribution in [2.75, 3.05) is 26.3 Å². The second-order valence-electron chi connectivity index (χ2n) is 6.34. The molecule has 6 nitrogen and oxygen atoms in total. The largest absolute Gasteiger partial charge is 0.461 e. The van der Waals surface area contributed by atoms with E-state index in [0.717, 1.165) is 37.8 Å². The highest BCUT2D eigenvalue weighted by atomic mass is 16.5. The molecule has 0 radical (unpaired) electrons. The maximum atomic E-state index is 5.50. The molecule has 1 unspecified atom stereocenters. The first-order valence-electron chi connectivity index (χ1n) is 8.62. The number of furan rings is 1. The van der Waals surface area contributed by atoms with Crippen molar-refractivity contribution in [1.29, 1.82) is 0 Å². The number of benzene rings is 1. The van der Waals surface area contributed by atoms with E-state index in [-0.39, 0.29) is 6.04 Å². The van der Waals surface area contributed by atoms with Crippen molar-refractivity contribution in [3.8, 4) is 17.3 Å². The Kier molecular flexibility index (Phi) is 4.38. The summed E-state index contributed by atoms with van der Waals surface area (Å²) in [5.74, 6) is 2.21. The zero-order valence-electron chi connectivity index (χ0n) is 14.6. The summed E-state index contributed by atoms with van der Waals surface area (Å²) < 4.78 is 12.9. The molecular weight excluding hydrogens is 316 g/mol. The highest BCUT2D eigenvalue weighted by Crippen LogP contribution is 2.26. The van der Waals surface area contributed by atoms with Gasteiger partial charge in [-0.2, -0.15) is 0 Å². The van der Waals surface area contributed by atoms with Gasteiger partial charge in [-0.15, -0.1) is 5.10 Å². The smallest absolute Gasteiger partial charge is 0.217 e. The van der Waals surface area contributed by atoms with Crippen LogP contribution < -0.4 is 0 Å². The fourth-order valence-electron chi connectivity index (χ4n) is 3.11. The molecule has 3 aromatic rings. The SMILES string of the molecule is Cc1ccc(-n2nc(-c3ccco3)nc2C(C)N2CCOCC2)cc1. The minimum Gasteiger partial charge on any atom is -0.461 e. The van der Waals surface area contributed by atoms with Gasteiger partial charge in [0.15, 0.2) is 5.76 Å². The van der Waals surface area contributed by atoms with Gasteiger partial charge in [-0.05, 0) is 38.1 Å². The van der Waals surface area contributed by atoms with Crippen LogP contribution >= 0.6 is 0 Å². The van der Waals surface area contributed by atoms with Crippen LogP contribution in [0.1, 0.15) is 24.4 Å². The lowest BCUT2D eigenvalue weighted by molar-refractivity contribution is 0.0178. The molecule has 0 amide bonds. The lowest BCUT2D eigenvalue weighted by Gasteiger charge is -2.31. The number of aromatic nitrogens is 3. The van der Waals surface area contributed by atoms with E-state index in [2.05, 4.69) is 43.0 Å². The van der Waals surface area contributed by atoms with Gasteiger partial charge in [-0.25, -0.2) is 9.67 Å². The van der Waals surface area contributed by atoms with Crippen LogP contribution in [0.3, 0.4) is 0 Å². The Balaban J connectivity index is 1.76. The molecule has 1 aliphatic heterocycles. The van der Waals surface area contributed by atoms with E-state index in [9.17, 15) is 0 Å². The van der Waals surface area contributed by atoms with E-state index in [0.29, 0.717) is 11.6 Å². The maximum absolute atomic E-state index is 5.50.